The van der Waals surface area contributed by atoms with Gasteiger partial charge < -0.3 is 10.1 Å². The Morgan fingerprint density at radius 3 is 2.74 bits per heavy atom. The molecule has 23 heavy (non-hydrogen) atoms. The molecule has 2 rings (SSSR count). The third-order valence-electron chi connectivity index (χ3n) is 3.61. The lowest BCUT2D eigenvalue weighted by Crippen LogP contribution is -2.48. The molecule has 0 bridgehead atoms. The number of amides is 3. The number of morpholine rings is 1. The fraction of sp³-hybridized carbons (Fsp3) is 0.529. The molecule has 1 unspecified atom stereocenters. The molecule has 6 heteroatoms. The molecule has 1 aromatic carbocycles. The number of rotatable bonds is 5. The van der Waals surface area contributed by atoms with E-state index in [4.69, 9.17) is 4.74 Å². The Hall–Kier alpha value is -1.92. The first-order valence-corrected chi connectivity index (χ1v) is 8.01. The maximum atomic E-state index is 12.0. The molecule has 0 aliphatic carbocycles. The van der Waals surface area contributed by atoms with Crippen LogP contribution in [0.25, 0.3) is 0 Å². The van der Waals surface area contributed by atoms with E-state index in [-0.39, 0.29) is 18.6 Å². The van der Waals surface area contributed by atoms with Crippen molar-refractivity contribution in [3.05, 3.63) is 35.9 Å². The number of nitrogens with zero attached hydrogens (tertiary/aromatic N) is 1. The number of imide groups is 1. The SMILES string of the molecule is CC(C)CNC(=O)NC(=O)CN1CCOC(c2ccccc2)C1. The predicted octanol–water partition coefficient (Wildman–Crippen LogP) is 1.54. The van der Waals surface area contributed by atoms with Gasteiger partial charge >= 0.3 is 6.03 Å². The minimum Gasteiger partial charge on any atom is -0.371 e. The Morgan fingerprint density at radius 1 is 1.30 bits per heavy atom. The van der Waals surface area contributed by atoms with Gasteiger partial charge in [-0.2, -0.15) is 0 Å². The minimum absolute atomic E-state index is 0.0347. The van der Waals surface area contributed by atoms with Crippen LogP contribution in [0.4, 0.5) is 4.79 Å². The summed E-state index contributed by atoms with van der Waals surface area (Å²) in [6, 6.07) is 9.53. The third-order valence-corrected chi connectivity index (χ3v) is 3.61. The summed E-state index contributed by atoms with van der Waals surface area (Å²) in [4.78, 5) is 25.6. The summed E-state index contributed by atoms with van der Waals surface area (Å²) in [5.74, 6) is 0.0571. The fourth-order valence-corrected chi connectivity index (χ4v) is 2.43. The Labute approximate surface area is 137 Å². The van der Waals surface area contributed by atoms with Crippen LogP contribution >= 0.6 is 0 Å². The predicted molar refractivity (Wildman–Crippen MR) is 88.0 cm³/mol. The molecule has 0 aromatic heterocycles. The van der Waals surface area contributed by atoms with Crippen molar-refractivity contribution in [2.75, 3.05) is 32.8 Å². The maximum Gasteiger partial charge on any atom is 0.321 e. The lowest BCUT2D eigenvalue weighted by atomic mass is 10.1. The van der Waals surface area contributed by atoms with Crippen LogP contribution in [0.5, 0.6) is 0 Å². The molecule has 1 aliphatic rings. The summed E-state index contributed by atoms with van der Waals surface area (Å²) in [6.07, 6.45) is -0.0347. The highest BCUT2D eigenvalue weighted by Gasteiger charge is 2.23. The van der Waals surface area contributed by atoms with Gasteiger partial charge in [0.2, 0.25) is 5.91 Å². The monoisotopic (exact) mass is 319 g/mol. The molecule has 2 N–H and O–H groups in total. The molecule has 126 valence electrons. The molecule has 1 fully saturated rings. The fourth-order valence-electron chi connectivity index (χ4n) is 2.43. The zero-order chi connectivity index (χ0) is 16.7. The molecule has 1 aliphatic heterocycles. The zero-order valence-corrected chi connectivity index (χ0v) is 13.7. The van der Waals surface area contributed by atoms with E-state index in [2.05, 4.69) is 10.6 Å². The summed E-state index contributed by atoms with van der Waals surface area (Å²) in [5, 5.41) is 5.04. The van der Waals surface area contributed by atoms with Gasteiger partial charge in [0.15, 0.2) is 0 Å². The molecular weight excluding hydrogens is 294 g/mol. The van der Waals surface area contributed by atoms with Gasteiger partial charge in [-0.15, -0.1) is 0 Å². The van der Waals surface area contributed by atoms with Crippen LogP contribution in [0.15, 0.2) is 30.3 Å². The second-order valence-corrected chi connectivity index (χ2v) is 6.16. The van der Waals surface area contributed by atoms with Crippen LogP contribution in [-0.2, 0) is 9.53 Å². The van der Waals surface area contributed by atoms with Gasteiger partial charge in [0.25, 0.3) is 0 Å². The smallest absolute Gasteiger partial charge is 0.321 e. The van der Waals surface area contributed by atoms with Crippen LogP contribution in [0.1, 0.15) is 25.5 Å². The van der Waals surface area contributed by atoms with E-state index in [1.165, 1.54) is 0 Å². The van der Waals surface area contributed by atoms with Crippen LogP contribution < -0.4 is 10.6 Å². The van der Waals surface area contributed by atoms with Gasteiger partial charge in [-0.1, -0.05) is 44.2 Å². The number of nitrogens with one attached hydrogen (secondary N) is 2. The van der Waals surface area contributed by atoms with E-state index in [0.717, 1.165) is 5.56 Å². The summed E-state index contributed by atoms with van der Waals surface area (Å²) in [6.45, 7) is 6.65. The van der Waals surface area contributed by atoms with E-state index >= 15 is 0 Å². The van der Waals surface area contributed by atoms with Crippen LogP contribution in [0, 0.1) is 5.92 Å². The molecule has 6 nitrogen and oxygen atoms in total. The first-order chi connectivity index (χ1) is 11.0. The summed E-state index contributed by atoms with van der Waals surface area (Å²) < 4.78 is 5.77. The summed E-state index contributed by atoms with van der Waals surface area (Å²) in [7, 11) is 0. The van der Waals surface area contributed by atoms with Crippen LogP contribution in [0.3, 0.4) is 0 Å². The first kappa shape index (κ1) is 17.4. The van der Waals surface area contributed by atoms with Gasteiger partial charge in [0.1, 0.15) is 0 Å². The molecule has 0 spiro atoms. The molecule has 3 amide bonds. The summed E-state index contributed by atoms with van der Waals surface area (Å²) in [5.41, 5.74) is 1.10. The second-order valence-electron chi connectivity index (χ2n) is 6.16. The van der Waals surface area contributed by atoms with Gasteiger partial charge in [-0.05, 0) is 11.5 Å². The van der Waals surface area contributed by atoms with Crippen molar-refractivity contribution in [1.82, 2.24) is 15.5 Å². The second kappa shape index (κ2) is 8.64. The number of carbonyl (C=O) groups is 2. The van der Waals surface area contributed by atoms with Crippen molar-refractivity contribution >= 4 is 11.9 Å². The molecule has 0 saturated carbocycles. The van der Waals surface area contributed by atoms with Crippen LogP contribution in [-0.4, -0.2) is 49.6 Å². The summed E-state index contributed by atoms with van der Waals surface area (Å²) >= 11 is 0. The van der Waals surface area contributed by atoms with Gasteiger partial charge in [-0.3, -0.25) is 15.0 Å². The molecule has 0 radical (unpaired) electrons. The highest BCUT2D eigenvalue weighted by atomic mass is 16.5. The van der Waals surface area contributed by atoms with Gasteiger partial charge in [0.05, 0.1) is 19.3 Å². The number of hydrogen-bond acceptors (Lipinski definition) is 4. The number of urea groups is 1. The molecule has 1 aromatic rings. The van der Waals surface area contributed by atoms with Gasteiger partial charge in [0, 0.05) is 19.6 Å². The van der Waals surface area contributed by atoms with E-state index in [1.54, 1.807) is 0 Å². The van der Waals surface area contributed by atoms with Crippen molar-refractivity contribution in [3.63, 3.8) is 0 Å². The average Bonchev–Trinajstić information content (AvgIpc) is 2.54. The Kier molecular flexibility index (Phi) is 6.55. The Morgan fingerprint density at radius 2 is 2.04 bits per heavy atom. The highest BCUT2D eigenvalue weighted by Crippen LogP contribution is 2.21. The highest BCUT2D eigenvalue weighted by molar-refractivity contribution is 5.95. The largest absolute Gasteiger partial charge is 0.371 e. The lowest BCUT2D eigenvalue weighted by Gasteiger charge is -2.32. The van der Waals surface area contributed by atoms with Crippen molar-refractivity contribution in [2.45, 2.75) is 20.0 Å². The number of ether oxygens (including phenoxy) is 1. The molecule has 1 saturated heterocycles. The Balaban J connectivity index is 1.78. The Bertz CT molecular complexity index is 519. The van der Waals surface area contributed by atoms with Gasteiger partial charge in [-0.25, -0.2) is 4.79 Å². The molecule has 1 atom stereocenters. The average molecular weight is 319 g/mol. The molecule has 1 heterocycles. The van der Waals surface area contributed by atoms with E-state index in [0.29, 0.717) is 32.2 Å². The lowest BCUT2D eigenvalue weighted by molar-refractivity contribution is -0.123. The minimum atomic E-state index is -0.434. The third kappa shape index (κ3) is 6.00. The van der Waals surface area contributed by atoms with E-state index in [9.17, 15) is 9.59 Å². The number of hydrogen-bond donors (Lipinski definition) is 2. The topological polar surface area (TPSA) is 70.7 Å². The van der Waals surface area contributed by atoms with E-state index < -0.39 is 6.03 Å². The maximum absolute atomic E-state index is 12.0. The normalized spacial score (nSPS) is 18.7. The standard InChI is InChI=1S/C17H25N3O3/c1-13(2)10-18-17(22)19-16(21)12-20-8-9-23-15(11-20)14-6-4-3-5-7-14/h3-7,13,15H,8-12H2,1-2H3,(H2,18,19,21,22). The van der Waals surface area contributed by atoms with E-state index in [1.807, 2.05) is 49.1 Å². The first-order valence-electron chi connectivity index (χ1n) is 8.01. The number of carbonyl (C=O) groups excluding carboxylic acids is 2. The van der Waals surface area contributed by atoms with Crippen molar-refractivity contribution in [3.8, 4) is 0 Å². The zero-order valence-electron chi connectivity index (χ0n) is 13.7. The quantitative estimate of drug-likeness (QED) is 0.864. The molecular formula is C17H25N3O3. The van der Waals surface area contributed by atoms with Crippen molar-refractivity contribution in [2.24, 2.45) is 5.92 Å². The van der Waals surface area contributed by atoms with Crippen LogP contribution in [0.2, 0.25) is 0 Å². The van der Waals surface area contributed by atoms with Crippen molar-refractivity contribution in [1.29, 1.82) is 0 Å². The number of benzene rings is 1. The van der Waals surface area contributed by atoms with Crippen molar-refractivity contribution < 1.29 is 14.3 Å².